The van der Waals surface area contributed by atoms with Crippen molar-refractivity contribution >= 4 is 12.0 Å². The fourth-order valence-corrected chi connectivity index (χ4v) is 0.430. The van der Waals surface area contributed by atoms with E-state index in [-0.39, 0.29) is 17.6 Å². The first-order chi connectivity index (χ1) is 4.48. The summed E-state index contributed by atoms with van der Waals surface area (Å²) in [4.78, 5) is 11.0. The van der Waals surface area contributed by atoms with Crippen LogP contribution in [0.5, 0.6) is 0 Å². The number of ketones is 1. The first-order valence-electron chi connectivity index (χ1n) is 3.17. The molecule has 0 aliphatic rings. The predicted octanol–water partition coefficient (Wildman–Crippen LogP) is 1.45. The van der Waals surface area contributed by atoms with Crippen molar-refractivity contribution in [1.29, 1.82) is 0 Å². The maximum absolute atomic E-state index is 11.0. The van der Waals surface area contributed by atoms with Gasteiger partial charge in [-0.3, -0.25) is 4.79 Å². The van der Waals surface area contributed by atoms with Crippen molar-refractivity contribution in [3.8, 4) is 0 Å². The minimum Gasteiger partial charge on any atom is -0.411 e. The van der Waals surface area contributed by atoms with E-state index in [9.17, 15) is 4.79 Å². The van der Waals surface area contributed by atoms with Crippen LogP contribution in [0.15, 0.2) is 5.16 Å². The van der Waals surface area contributed by atoms with Crippen LogP contribution < -0.4 is 0 Å². The normalized spacial score (nSPS) is 12.3. The number of oxime groups is 1. The molecule has 0 aliphatic heterocycles. The van der Waals surface area contributed by atoms with Gasteiger partial charge in [-0.1, -0.05) is 20.8 Å². The molecule has 0 rings (SSSR count). The highest BCUT2D eigenvalue weighted by atomic mass is 16.4. The van der Waals surface area contributed by atoms with Crippen molar-refractivity contribution in [2.24, 2.45) is 10.6 Å². The highest BCUT2D eigenvalue weighted by molar-refractivity contribution is 5.94. The zero-order valence-corrected chi connectivity index (χ0v) is 6.59. The van der Waals surface area contributed by atoms with Gasteiger partial charge in [0.25, 0.3) is 0 Å². The molecule has 1 N–H and O–H groups in total. The summed E-state index contributed by atoms with van der Waals surface area (Å²) in [6.45, 7) is 5.50. The number of carbonyl (C=O) groups is 1. The maximum Gasteiger partial charge on any atom is 0.143 e. The lowest BCUT2D eigenvalue weighted by atomic mass is 9.89. The second-order valence-electron chi connectivity index (χ2n) is 3.18. The molecule has 0 radical (unpaired) electrons. The summed E-state index contributed by atoms with van der Waals surface area (Å²) in [6, 6.07) is 0. The Hall–Kier alpha value is -0.860. The van der Waals surface area contributed by atoms with Crippen LogP contribution in [0.4, 0.5) is 0 Å². The third-order valence-electron chi connectivity index (χ3n) is 1.19. The summed E-state index contributed by atoms with van der Waals surface area (Å²) < 4.78 is 0. The van der Waals surface area contributed by atoms with Gasteiger partial charge in [-0.25, -0.2) is 0 Å². The molecule has 0 unspecified atom stereocenters. The van der Waals surface area contributed by atoms with Crippen LogP contribution in [0.25, 0.3) is 0 Å². The molecule has 0 aliphatic carbocycles. The van der Waals surface area contributed by atoms with Crippen molar-refractivity contribution in [3.63, 3.8) is 0 Å². The van der Waals surface area contributed by atoms with Crippen LogP contribution in [0, 0.1) is 5.41 Å². The van der Waals surface area contributed by atoms with Crippen LogP contribution >= 0.6 is 0 Å². The molecular weight excluding hydrogens is 130 g/mol. The predicted molar refractivity (Wildman–Crippen MR) is 39.4 cm³/mol. The molecule has 0 atom stereocenters. The molecule has 0 aromatic rings. The Labute approximate surface area is 60.7 Å². The molecule has 0 amide bonds. The number of carbonyl (C=O) groups excluding carboxylic acids is 1. The molecule has 3 heteroatoms. The highest BCUT2D eigenvalue weighted by Crippen LogP contribution is 2.15. The minimum atomic E-state index is -0.332. The van der Waals surface area contributed by atoms with Gasteiger partial charge in [0.1, 0.15) is 5.78 Å². The quantitative estimate of drug-likeness (QED) is 0.361. The zero-order valence-electron chi connectivity index (χ0n) is 6.59. The Morgan fingerprint density at radius 2 is 2.10 bits per heavy atom. The van der Waals surface area contributed by atoms with E-state index in [0.717, 1.165) is 0 Å². The summed E-state index contributed by atoms with van der Waals surface area (Å²) in [6.07, 6.45) is 1.41. The summed E-state index contributed by atoms with van der Waals surface area (Å²) in [7, 11) is 0. The smallest absolute Gasteiger partial charge is 0.143 e. The van der Waals surface area contributed by atoms with Gasteiger partial charge >= 0.3 is 0 Å². The Balaban J connectivity index is 3.86. The van der Waals surface area contributed by atoms with Gasteiger partial charge < -0.3 is 5.21 Å². The molecule has 0 aromatic heterocycles. The standard InChI is InChI=1S/C7H13NO2/c1-7(2,3)6(9)4-5-8-10/h5,10H,4H2,1-3H3/b8-5-. The van der Waals surface area contributed by atoms with Gasteiger partial charge in [0.2, 0.25) is 0 Å². The van der Waals surface area contributed by atoms with E-state index in [1.54, 1.807) is 0 Å². The Morgan fingerprint density at radius 3 is 2.40 bits per heavy atom. The van der Waals surface area contributed by atoms with Gasteiger partial charge in [-0.05, 0) is 0 Å². The van der Waals surface area contributed by atoms with Gasteiger partial charge in [0.05, 0.1) is 6.21 Å². The topological polar surface area (TPSA) is 49.7 Å². The van der Waals surface area contributed by atoms with E-state index < -0.39 is 0 Å². The lowest BCUT2D eigenvalue weighted by molar-refractivity contribution is -0.124. The van der Waals surface area contributed by atoms with Crippen LogP contribution in [0.3, 0.4) is 0 Å². The Kier molecular flexibility index (Phi) is 3.06. The van der Waals surface area contributed by atoms with Crippen LogP contribution in [-0.4, -0.2) is 17.2 Å². The monoisotopic (exact) mass is 143 g/mol. The largest absolute Gasteiger partial charge is 0.411 e. The van der Waals surface area contributed by atoms with Crippen LogP contribution in [-0.2, 0) is 4.79 Å². The van der Waals surface area contributed by atoms with Gasteiger partial charge in [0.15, 0.2) is 0 Å². The first kappa shape index (κ1) is 9.14. The van der Waals surface area contributed by atoms with Crippen LogP contribution in [0.2, 0.25) is 0 Å². The molecule has 10 heavy (non-hydrogen) atoms. The lowest BCUT2D eigenvalue weighted by Crippen LogP contribution is -2.19. The first-order valence-corrected chi connectivity index (χ1v) is 3.17. The van der Waals surface area contributed by atoms with Gasteiger partial charge in [-0.15, -0.1) is 5.16 Å². The second-order valence-corrected chi connectivity index (χ2v) is 3.18. The molecule has 0 saturated heterocycles. The summed E-state index contributed by atoms with van der Waals surface area (Å²) in [5, 5.41) is 10.7. The summed E-state index contributed by atoms with van der Waals surface area (Å²) in [5.41, 5.74) is -0.332. The number of Topliss-reactive ketones (excluding diaryl/α,β-unsaturated/α-hetero) is 1. The second kappa shape index (κ2) is 3.34. The molecule has 0 bridgehead atoms. The van der Waals surface area contributed by atoms with E-state index in [1.165, 1.54) is 6.21 Å². The fraction of sp³-hybridized carbons (Fsp3) is 0.714. The molecular formula is C7H13NO2. The van der Waals surface area contributed by atoms with Crippen molar-refractivity contribution in [2.75, 3.05) is 0 Å². The van der Waals surface area contributed by atoms with Gasteiger partial charge in [-0.2, -0.15) is 0 Å². The molecule has 0 saturated carbocycles. The Bertz CT molecular complexity index is 144. The fourth-order valence-electron chi connectivity index (χ4n) is 0.430. The summed E-state index contributed by atoms with van der Waals surface area (Å²) >= 11 is 0. The molecule has 0 fully saturated rings. The maximum atomic E-state index is 11.0. The van der Waals surface area contributed by atoms with Crippen molar-refractivity contribution in [1.82, 2.24) is 0 Å². The number of nitrogens with zero attached hydrogens (tertiary/aromatic N) is 1. The van der Waals surface area contributed by atoms with E-state index in [0.29, 0.717) is 0 Å². The molecule has 58 valence electrons. The van der Waals surface area contributed by atoms with Crippen molar-refractivity contribution < 1.29 is 10.0 Å². The molecule has 3 nitrogen and oxygen atoms in total. The summed E-state index contributed by atoms with van der Waals surface area (Å²) in [5.74, 6) is 0.0744. The third-order valence-corrected chi connectivity index (χ3v) is 1.19. The minimum absolute atomic E-state index is 0.0744. The van der Waals surface area contributed by atoms with E-state index >= 15 is 0 Å². The lowest BCUT2D eigenvalue weighted by Gasteiger charge is -2.13. The average Bonchev–Trinajstić information content (AvgIpc) is 1.80. The molecule has 0 heterocycles. The van der Waals surface area contributed by atoms with E-state index in [4.69, 9.17) is 5.21 Å². The Morgan fingerprint density at radius 1 is 1.60 bits per heavy atom. The van der Waals surface area contributed by atoms with Crippen molar-refractivity contribution in [3.05, 3.63) is 0 Å². The third kappa shape index (κ3) is 3.22. The number of hydrogen-bond acceptors (Lipinski definition) is 3. The molecule has 0 spiro atoms. The van der Waals surface area contributed by atoms with Gasteiger partial charge in [0, 0.05) is 11.8 Å². The van der Waals surface area contributed by atoms with Crippen LogP contribution in [0.1, 0.15) is 27.2 Å². The van der Waals surface area contributed by atoms with E-state index in [2.05, 4.69) is 5.16 Å². The van der Waals surface area contributed by atoms with E-state index in [1.807, 2.05) is 20.8 Å². The number of hydrogen-bond donors (Lipinski definition) is 1. The van der Waals surface area contributed by atoms with Crippen molar-refractivity contribution in [2.45, 2.75) is 27.2 Å². The SMILES string of the molecule is CC(C)(C)C(=O)C/C=N\O. The molecule has 0 aromatic carbocycles. The zero-order chi connectivity index (χ0) is 8.20. The average molecular weight is 143 g/mol. The highest BCUT2D eigenvalue weighted by Gasteiger charge is 2.19. The number of rotatable bonds is 2.